The van der Waals surface area contributed by atoms with Gasteiger partial charge in [-0.25, -0.2) is 0 Å². The first kappa shape index (κ1) is 13.9. The van der Waals surface area contributed by atoms with Crippen LogP contribution < -0.4 is 0 Å². The van der Waals surface area contributed by atoms with E-state index in [1.165, 1.54) is 0 Å². The van der Waals surface area contributed by atoms with Crippen LogP contribution >= 0.6 is 0 Å². The van der Waals surface area contributed by atoms with Crippen LogP contribution in [-0.4, -0.2) is 11.9 Å². The van der Waals surface area contributed by atoms with Gasteiger partial charge < -0.3 is 0 Å². The summed E-state index contributed by atoms with van der Waals surface area (Å²) in [5, 5.41) is 0. The van der Waals surface area contributed by atoms with E-state index in [4.69, 9.17) is 0 Å². The van der Waals surface area contributed by atoms with Gasteiger partial charge in [-0.05, 0) is 0 Å². The van der Waals surface area contributed by atoms with Gasteiger partial charge >= 0.3 is 92.2 Å². The third kappa shape index (κ3) is 4.31. The molecule has 0 fully saturated rings. The molecule has 0 radical (unpaired) electrons. The molecule has 6 heteroatoms. The molecule has 0 rings (SSSR count). The summed E-state index contributed by atoms with van der Waals surface area (Å²) in [6.07, 6.45) is 1.73. The van der Waals surface area contributed by atoms with Crippen molar-refractivity contribution in [1.29, 1.82) is 0 Å². The van der Waals surface area contributed by atoms with Gasteiger partial charge in [-0.1, -0.05) is 0 Å². The van der Waals surface area contributed by atoms with Crippen LogP contribution in [-0.2, 0) is 36.9 Å². The molecule has 0 aliphatic rings. The topological polar surface area (TPSA) is 69.7 Å². The van der Waals surface area contributed by atoms with Crippen molar-refractivity contribution < 1.29 is 36.9 Å². The molecular weight excluding hydrogens is 236 g/mol. The van der Waals surface area contributed by atoms with E-state index < -0.39 is 33.5 Å². The summed E-state index contributed by atoms with van der Waals surface area (Å²) in [5.74, 6) is -1.73. The second-order valence-electron chi connectivity index (χ2n) is 3.01. The molecule has 0 aliphatic carbocycles. The number of hydrogen-bond donors (Lipinski definition) is 0. The van der Waals surface area contributed by atoms with E-state index in [1.807, 2.05) is 0 Å². The van der Waals surface area contributed by atoms with E-state index in [9.17, 15) is 12.9 Å². The predicted molar refractivity (Wildman–Crippen MR) is 48.4 cm³/mol. The van der Waals surface area contributed by atoms with Gasteiger partial charge in [0.15, 0.2) is 0 Å². The zero-order valence-electron chi connectivity index (χ0n) is 8.69. The van der Waals surface area contributed by atoms with Gasteiger partial charge in [0.2, 0.25) is 0 Å². The van der Waals surface area contributed by atoms with Crippen molar-refractivity contribution in [3.05, 3.63) is 25.3 Å². The minimum atomic E-state index is -4.63. The average Bonchev–Trinajstić information content (AvgIpc) is 2.16. The first-order valence-corrected chi connectivity index (χ1v) is 7.08. The van der Waals surface area contributed by atoms with E-state index in [1.54, 1.807) is 13.8 Å². The molecule has 0 aliphatic heterocycles. The molecule has 15 heavy (non-hydrogen) atoms. The summed E-state index contributed by atoms with van der Waals surface area (Å²) in [5.41, 5.74) is 0. The predicted octanol–water partition coefficient (Wildman–Crippen LogP) is 1.60. The molecule has 0 unspecified atom stereocenters. The summed E-state index contributed by atoms with van der Waals surface area (Å²) in [6.45, 7) is 9.40. The Morgan fingerprint density at radius 1 is 1.13 bits per heavy atom. The van der Waals surface area contributed by atoms with Crippen LogP contribution in [0.15, 0.2) is 25.3 Å². The third-order valence-corrected chi connectivity index (χ3v) is 5.25. The monoisotopic (exact) mass is 249 g/mol. The van der Waals surface area contributed by atoms with E-state index in [-0.39, 0.29) is 0 Å². The Morgan fingerprint density at radius 3 is 1.67 bits per heavy atom. The summed E-state index contributed by atoms with van der Waals surface area (Å²) in [6, 6.07) is 0. The van der Waals surface area contributed by atoms with Crippen LogP contribution in [0.5, 0.6) is 0 Å². The normalized spacial score (nSPS) is 10.6. The van der Waals surface area contributed by atoms with Crippen molar-refractivity contribution in [2.75, 3.05) is 0 Å². The Kier molecular flexibility index (Phi) is 5.32. The van der Waals surface area contributed by atoms with E-state index in [2.05, 4.69) is 19.8 Å². The summed E-state index contributed by atoms with van der Waals surface area (Å²) in [7, 11) is 0. The standard InChI is InChI=1S/2C3H4O2.C3H7.O.Ti/c2*1-2-3(4)5;1-3-2;;/h2*2H,1H2,(H,4,5);3H,1-2H3;;/q;;;;+2/p-2. The van der Waals surface area contributed by atoms with Crippen molar-refractivity contribution in [2.45, 2.75) is 18.1 Å². The van der Waals surface area contributed by atoms with E-state index in [0.717, 1.165) is 12.2 Å². The Hall–Kier alpha value is -1.07. The van der Waals surface area contributed by atoms with Crippen molar-refractivity contribution >= 4 is 11.9 Å². The van der Waals surface area contributed by atoms with Gasteiger partial charge in [-0.2, -0.15) is 0 Å². The Bertz CT molecular complexity index is 305. The third-order valence-electron chi connectivity index (χ3n) is 1.53. The molecule has 0 heterocycles. The molecule has 83 valence electrons. The fourth-order valence-corrected chi connectivity index (χ4v) is 2.56. The van der Waals surface area contributed by atoms with Crippen molar-refractivity contribution in [1.82, 2.24) is 0 Å². The minimum absolute atomic E-state index is 0.544. The molecular formula is C9H13O5Ti. The number of carbonyl (C=O) groups is 2. The zero-order chi connectivity index (χ0) is 12.1. The molecule has 0 saturated heterocycles. The van der Waals surface area contributed by atoms with Gasteiger partial charge in [-0.15, -0.1) is 0 Å². The molecule has 0 aromatic carbocycles. The first-order valence-electron chi connectivity index (χ1n) is 4.27. The van der Waals surface area contributed by atoms with Crippen LogP contribution in [0.4, 0.5) is 0 Å². The first-order chi connectivity index (χ1) is 6.85. The molecule has 0 bridgehead atoms. The maximum absolute atomic E-state index is 11.9. The van der Waals surface area contributed by atoms with Crippen molar-refractivity contribution in [3.63, 3.8) is 0 Å². The van der Waals surface area contributed by atoms with Crippen LogP contribution in [0, 0.1) is 0 Å². The van der Waals surface area contributed by atoms with Gasteiger partial charge in [-0.3, -0.25) is 0 Å². The summed E-state index contributed by atoms with van der Waals surface area (Å²) >= 11 is -4.63. The molecule has 0 amide bonds. The van der Waals surface area contributed by atoms with Crippen LogP contribution in [0.1, 0.15) is 13.8 Å². The van der Waals surface area contributed by atoms with Crippen molar-refractivity contribution in [2.24, 2.45) is 0 Å². The molecule has 0 atom stereocenters. The summed E-state index contributed by atoms with van der Waals surface area (Å²) in [4.78, 5) is 21.8. The van der Waals surface area contributed by atoms with Gasteiger partial charge in [0.25, 0.3) is 0 Å². The molecule has 0 aromatic heterocycles. The number of carbonyl (C=O) groups excluding carboxylic acids is 2. The molecule has 0 saturated carbocycles. The second-order valence-corrected chi connectivity index (χ2v) is 7.33. The Balaban J connectivity index is 4.82. The maximum atomic E-state index is 11.9. The van der Waals surface area contributed by atoms with Crippen LogP contribution in [0.2, 0.25) is 4.22 Å². The fourth-order valence-electron chi connectivity index (χ4n) is 0.620. The molecule has 0 aromatic rings. The van der Waals surface area contributed by atoms with Gasteiger partial charge in [0.05, 0.1) is 0 Å². The fraction of sp³-hybridized carbons (Fsp3) is 0.333. The number of hydrogen-bond acceptors (Lipinski definition) is 5. The zero-order valence-corrected chi connectivity index (χ0v) is 10.2. The molecule has 0 spiro atoms. The van der Waals surface area contributed by atoms with Gasteiger partial charge in [0, 0.05) is 0 Å². The molecule has 5 nitrogen and oxygen atoms in total. The van der Waals surface area contributed by atoms with Crippen LogP contribution in [0.25, 0.3) is 0 Å². The van der Waals surface area contributed by atoms with Gasteiger partial charge in [0.1, 0.15) is 0 Å². The Labute approximate surface area is 92.4 Å². The summed E-state index contributed by atoms with van der Waals surface area (Å²) < 4.78 is 20.6. The van der Waals surface area contributed by atoms with E-state index in [0.29, 0.717) is 0 Å². The quantitative estimate of drug-likeness (QED) is 0.546. The van der Waals surface area contributed by atoms with Crippen LogP contribution in [0.3, 0.4) is 0 Å². The van der Waals surface area contributed by atoms with E-state index >= 15 is 0 Å². The van der Waals surface area contributed by atoms with Crippen molar-refractivity contribution in [3.8, 4) is 0 Å². The number of rotatable bonds is 5. The Morgan fingerprint density at radius 2 is 1.47 bits per heavy atom. The molecule has 0 N–H and O–H groups in total. The second kappa shape index (κ2) is 5.73. The average molecular weight is 249 g/mol. The SMILES string of the molecule is C=CC(=O)[O][Ti](=[O])([O]C(=O)C=C)[CH](C)C.